The highest BCUT2D eigenvalue weighted by Crippen LogP contribution is 2.31. The van der Waals surface area contributed by atoms with Gasteiger partial charge in [0.2, 0.25) is 0 Å². The highest BCUT2D eigenvalue weighted by Gasteiger charge is 2.18. The van der Waals surface area contributed by atoms with E-state index in [1.54, 1.807) is 6.07 Å². The number of hydrogen-bond acceptors (Lipinski definition) is 1. The zero-order valence-electron chi connectivity index (χ0n) is 13.6. The first-order valence-electron chi connectivity index (χ1n) is 8.26. The normalized spacial score (nSPS) is 17.5. The monoisotopic (exact) mass is 289 g/mol. The molecule has 1 fully saturated rings. The van der Waals surface area contributed by atoms with Crippen molar-refractivity contribution in [2.45, 2.75) is 58.9 Å². The summed E-state index contributed by atoms with van der Waals surface area (Å²) < 4.78 is 14.0. The third-order valence-electron chi connectivity index (χ3n) is 4.34. The number of nitrogens with one attached hydrogen (secondary N) is 1. The Morgan fingerprint density at radius 2 is 2.00 bits per heavy atom. The summed E-state index contributed by atoms with van der Waals surface area (Å²) in [5.74, 6) is 0.503. The molecule has 0 saturated heterocycles. The Morgan fingerprint density at radius 1 is 1.29 bits per heavy atom. The van der Waals surface area contributed by atoms with Gasteiger partial charge in [0.15, 0.2) is 0 Å². The Kier molecular flexibility index (Phi) is 5.98. The van der Waals surface area contributed by atoms with Crippen molar-refractivity contribution in [2.24, 2.45) is 5.92 Å². The van der Waals surface area contributed by atoms with Gasteiger partial charge in [0.1, 0.15) is 5.82 Å². The standard InChI is InChI=1S/C19H28FN/c1-14(2)21-13-18(16-7-5-4-6-8-16)12-17-11-15(3)9-10-19(17)20/h9-12,14,16,21H,4-8,13H2,1-3H3/b18-12-. The molecule has 1 saturated carbocycles. The lowest BCUT2D eigenvalue weighted by Crippen LogP contribution is -2.28. The van der Waals surface area contributed by atoms with Crippen LogP contribution in [0.2, 0.25) is 0 Å². The molecule has 2 rings (SSSR count). The molecular weight excluding hydrogens is 261 g/mol. The molecule has 0 amide bonds. The maximum absolute atomic E-state index is 14.0. The van der Waals surface area contributed by atoms with Crippen LogP contribution in [-0.2, 0) is 0 Å². The molecule has 1 aromatic carbocycles. The molecule has 1 nitrogen and oxygen atoms in total. The fourth-order valence-electron chi connectivity index (χ4n) is 3.08. The minimum atomic E-state index is -0.113. The van der Waals surface area contributed by atoms with Crippen LogP contribution in [0.5, 0.6) is 0 Å². The molecule has 0 bridgehead atoms. The fraction of sp³-hybridized carbons (Fsp3) is 0.579. The molecule has 0 heterocycles. The van der Waals surface area contributed by atoms with Crippen molar-refractivity contribution in [3.8, 4) is 0 Å². The maximum Gasteiger partial charge on any atom is 0.130 e. The predicted octanol–water partition coefficient (Wildman–Crippen LogP) is 5.10. The van der Waals surface area contributed by atoms with Gasteiger partial charge in [0.25, 0.3) is 0 Å². The van der Waals surface area contributed by atoms with Gasteiger partial charge < -0.3 is 5.32 Å². The highest BCUT2D eigenvalue weighted by atomic mass is 19.1. The lowest BCUT2D eigenvalue weighted by molar-refractivity contribution is 0.394. The van der Waals surface area contributed by atoms with E-state index in [-0.39, 0.29) is 5.82 Å². The van der Waals surface area contributed by atoms with E-state index in [1.807, 2.05) is 19.1 Å². The summed E-state index contributed by atoms with van der Waals surface area (Å²) >= 11 is 0. The van der Waals surface area contributed by atoms with Crippen molar-refractivity contribution < 1.29 is 4.39 Å². The summed E-state index contributed by atoms with van der Waals surface area (Å²) in [6.07, 6.45) is 8.55. The Balaban J connectivity index is 2.23. The van der Waals surface area contributed by atoms with Crippen LogP contribution in [0.4, 0.5) is 4.39 Å². The van der Waals surface area contributed by atoms with E-state index in [0.29, 0.717) is 12.0 Å². The number of hydrogen-bond donors (Lipinski definition) is 1. The Labute approximate surface area is 128 Å². The molecule has 0 radical (unpaired) electrons. The third kappa shape index (κ3) is 4.96. The molecule has 0 atom stereocenters. The zero-order valence-corrected chi connectivity index (χ0v) is 13.6. The summed E-state index contributed by atoms with van der Waals surface area (Å²) in [5.41, 5.74) is 3.22. The van der Waals surface area contributed by atoms with E-state index in [0.717, 1.165) is 17.7 Å². The van der Waals surface area contributed by atoms with Crippen LogP contribution in [0.25, 0.3) is 6.08 Å². The molecule has 2 heteroatoms. The van der Waals surface area contributed by atoms with Crippen LogP contribution < -0.4 is 5.32 Å². The SMILES string of the molecule is Cc1ccc(F)c(/C=C(/CNC(C)C)C2CCCCC2)c1. The molecule has 1 aliphatic rings. The summed E-state index contributed by atoms with van der Waals surface area (Å²) in [6.45, 7) is 7.20. The van der Waals surface area contributed by atoms with Gasteiger partial charge in [-0.2, -0.15) is 0 Å². The first kappa shape index (κ1) is 16.2. The van der Waals surface area contributed by atoms with Gasteiger partial charge in [-0.3, -0.25) is 0 Å². The van der Waals surface area contributed by atoms with E-state index < -0.39 is 0 Å². The zero-order chi connectivity index (χ0) is 15.2. The van der Waals surface area contributed by atoms with Crippen LogP contribution >= 0.6 is 0 Å². The van der Waals surface area contributed by atoms with Gasteiger partial charge in [-0.1, -0.05) is 56.4 Å². The van der Waals surface area contributed by atoms with E-state index in [1.165, 1.54) is 37.7 Å². The highest BCUT2D eigenvalue weighted by molar-refractivity contribution is 5.55. The minimum absolute atomic E-state index is 0.113. The van der Waals surface area contributed by atoms with Gasteiger partial charge in [0, 0.05) is 18.2 Å². The quantitative estimate of drug-likeness (QED) is 0.795. The van der Waals surface area contributed by atoms with Gasteiger partial charge in [0.05, 0.1) is 0 Å². The van der Waals surface area contributed by atoms with Crippen molar-refractivity contribution in [3.63, 3.8) is 0 Å². The lowest BCUT2D eigenvalue weighted by atomic mass is 9.83. The van der Waals surface area contributed by atoms with Gasteiger partial charge in [-0.15, -0.1) is 0 Å². The number of benzene rings is 1. The molecule has 1 aliphatic carbocycles. The second kappa shape index (κ2) is 7.74. The Morgan fingerprint density at radius 3 is 2.67 bits per heavy atom. The number of aryl methyl sites for hydroxylation is 1. The van der Waals surface area contributed by atoms with Gasteiger partial charge >= 0.3 is 0 Å². The second-order valence-corrected chi connectivity index (χ2v) is 6.61. The molecular formula is C19H28FN. The maximum atomic E-state index is 14.0. The smallest absolute Gasteiger partial charge is 0.130 e. The van der Waals surface area contributed by atoms with Crippen molar-refractivity contribution in [3.05, 3.63) is 40.7 Å². The summed E-state index contributed by atoms with van der Waals surface area (Å²) in [7, 11) is 0. The summed E-state index contributed by atoms with van der Waals surface area (Å²) in [5, 5.41) is 3.51. The molecule has 1 N–H and O–H groups in total. The topological polar surface area (TPSA) is 12.0 Å². The van der Waals surface area contributed by atoms with Gasteiger partial charge in [-0.05, 0) is 37.8 Å². The van der Waals surface area contributed by atoms with Crippen LogP contribution in [0, 0.1) is 18.7 Å². The Hall–Kier alpha value is -1.15. The van der Waals surface area contributed by atoms with Crippen LogP contribution in [-0.4, -0.2) is 12.6 Å². The third-order valence-corrected chi connectivity index (χ3v) is 4.34. The molecule has 21 heavy (non-hydrogen) atoms. The first-order chi connectivity index (χ1) is 10.1. The predicted molar refractivity (Wildman–Crippen MR) is 88.8 cm³/mol. The van der Waals surface area contributed by atoms with Crippen LogP contribution in [0.1, 0.15) is 57.1 Å². The fourth-order valence-corrected chi connectivity index (χ4v) is 3.08. The molecule has 0 unspecified atom stereocenters. The second-order valence-electron chi connectivity index (χ2n) is 6.61. The van der Waals surface area contributed by atoms with Crippen LogP contribution in [0.15, 0.2) is 23.8 Å². The molecule has 0 aromatic heterocycles. The van der Waals surface area contributed by atoms with Crippen molar-refractivity contribution in [2.75, 3.05) is 6.54 Å². The average molecular weight is 289 g/mol. The van der Waals surface area contributed by atoms with Gasteiger partial charge in [-0.25, -0.2) is 4.39 Å². The van der Waals surface area contributed by atoms with Crippen LogP contribution in [0.3, 0.4) is 0 Å². The van der Waals surface area contributed by atoms with E-state index in [9.17, 15) is 4.39 Å². The number of rotatable bonds is 5. The molecule has 0 aliphatic heterocycles. The molecule has 1 aromatic rings. The van der Waals surface area contributed by atoms with Crippen molar-refractivity contribution in [1.29, 1.82) is 0 Å². The van der Waals surface area contributed by atoms with E-state index in [4.69, 9.17) is 0 Å². The summed E-state index contributed by atoms with van der Waals surface area (Å²) in [4.78, 5) is 0. The largest absolute Gasteiger partial charge is 0.311 e. The van der Waals surface area contributed by atoms with E-state index >= 15 is 0 Å². The first-order valence-corrected chi connectivity index (χ1v) is 8.26. The van der Waals surface area contributed by atoms with Crippen molar-refractivity contribution in [1.82, 2.24) is 5.32 Å². The minimum Gasteiger partial charge on any atom is -0.311 e. The molecule has 116 valence electrons. The number of halogens is 1. The van der Waals surface area contributed by atoms with E-state index in [2.05, 4.69) is 25.2 Å². The molecule has 0 spiro atoms. The van der Waals surface area contributed by atoms with Crippen molar-refractivity contribution >= 4 is 6.08 Å². The Bertz CT molecular complexity index is 484. The lowest BCUT2D eigenvalue weighted by Gasteiger charge is -2.26. The average Bonchev–Trinajstić information content (AvgIpc) is 2.47. The summed E-state index contributed by atoms with van der Waals surface area (Å²) in [6, 6.07) is 5.82.